The summed E-state index contributed by atoms with van der Waals surface area (Å²) >= 11 is 0. The molecule has 162 valence electrons. The first-order valence-corrected chi connectivity index (χ1v) is 11.9. The van der Waals surface area contributed by atoms with Crippen LogP contribution in [0.2, 0.25) is 0 Å². The van der Waals surface area contributed by atoms with Crippen LogP contribution < -0.4 is 10.0 Å². The standard InChI is InChI=1S/C21H33N3O4S/c1-16-13-18(14-19(17(16)2)29(26,27)22-3)20(25)23-15-21(7-5-4-6-8-21)24-9-11-28-12-10-24/h13-14,22H,4-12,15H2,1-3H3,(H,23,25). The number of amides is 1. The Morgan fingerprint density at radius 2 is 1.79 bits per heavy atom. The molecule has 8 heteroatoms. The van der Waals surface area contributed by atoms with Gasteiger partial charge in [0.25, 0.3) is 5.91 Å². The first-order valence-electron chi connectivity index (χ1n) is 10.4. The third-order valence-corrected chi connectivity index (χ3v) is 8.02. The Hall–Kier alpha value is -1.48. The largest absolute Gasteiger partial charge is 0.379 e. The molecule has 2 N–H and O–H groups in total. The van der Waals surface area contributed by atoms with Gasteiger partial charge < -0.3 is 10.1 Å². The summed E-state index contributed by atoms with van der Waals surface area (Å²) in [7, 11) is -2.24. The van der Waals surface area contributed by atoms with E-state index in [2.05, 4.69) is 14.9 Å². The van der Waals surface area contributed by atoms with Gasteiger partial charge in [-0.15, -0.1) is 0 Å². The molecule has 1 amide bonds. The van der Waals surface area contributed by atoms with Gasteiger partial charge in [0.15, 0.2) is 0 Å². The number of benzene rings is 1. The normalized spacial score (nSPS) is 20.4. The van der Waals surface area contributed by atoms with Gasteiger partial charge in [-0.1, -0.05) is 19.3 Å². The minimum absolute atomic E-state index is 0.0304. The van der Waals surface area contributed by atoms with E-state index in [1.807, 2.05) is 6.92 Å². The first kappa shape index (κ1) is 22.2. The van der Waals surface area contributed by atoms with Crippen molar-refractivity contribution in [1.29, 1.82) is 0 Å². The van der Waals surface area contributed by atoms with Gasteiger partial charge in [0, 0.05) is 30.7 Å². The SMILES string of the molecule is CNS(=O)(=O)c1cc(C(=O)NCC2(N3CCOCC3)CCCCC2)cc(C)c1C. The number of nitrogens with one attached hydrogen (secondary N) is 2. The molecule has 0 spiro atoms. The van der Waals surface area contributed by atoms with Gasteiger partial charge in [0.1, 0.15) is 0 Å². The summed E-state index contributed by atoms with van der Waals surface area (Å²) in [5.41, 5.74) is 1.80. The number of aryl methyl sites for hydroxylation is 1. The van der Waals surface area contributed by atoms with Crippen LogP contribution in [0, 0.1) is 13.8 Å². The van der Waals surface area contributed by atoms with Crippen LogP contribution in [-0.2, 0) is 14.8 Å². The van der Waals surface area contributed by atoms with E-state index < -0.39 is 10.0 Å². The smallest absolute Gasteiger partial charge is 0.251 e. The van der Waals surface area contributed by atoms with E-state index in [0.717, 1.165) is 44.7 Å². The molecule has 1 aromatic carbocycles. The summed E-state index contributed by atoms with van der Waals surface area (Å²) in [5.74, 6) is -0.223. The number of hydrogen-bond donors (Lipinski definition) is 2. The average molecular weight is 424 g/mol. The van der Waals surface area contributed by atoms with Crippen LogP contribution in [0.5, 0.6) is 0 Å². The molecule has 0 unspecified atom stereocenters. The maximum absolute atomic E-state index is 13.0. The summed E-state index contributed by atoms with van der Waals surface area (Å²) in [6, 6.07) is 3.24. The van der Waals surface area contributed by atoms with Crippen LogP contribution in [-0.4, -0.2) is 64.7 Å². The van der Waals surface area contributed by atoms with Gasteiger partial charge in [-0.3, -0.25) is 9.69 Å². The van der Waals surface area contributed by atoms with Crippen LogP contribution in [0.15, 0.2) is 17.0 Å². The number of hydrogen-bond acceptors (Lipinski definition) is 5. The molecular weight excluding hydrogens is 390 g/mol. The fraction of sp³-hybridized carbons (Fsp3) is 0.667. The van der Waals surface area contributed by atoms with Crippen LogP contribution in [0.1, 0.15) is 53.6 Å². The zero-order chi connectivity index (χ0) is 21.1. The van der Waals surface area contributed by atoms with Crippen molar-refractivity contribution in [2.45, 2.75) is 56.4 Å². The van der Waals surface area contributed by atoms with Crippen molar-refractivity contribution in [1.82, 2.24) is 14.9 Å². The molecule has 3 rings (SSSR count). The Kier molecular flexibility index (Phi) is 6.98. The predicted molar refractivity (Wildman–Crippen MR) is 113 cm³/mol. The molecule has 0 radical (unpaired) electrons. The number of sulfonamides is 1. The van der Waals surface area contributed by atoms with E-state index in [-0.39, 0.29) is 16.3 Å². The van der Waals surface area contributed by atoms with Gasteiger partial charge in [-0.25, -0.2) is 13.1 Å². The van der Waals surface area contributed by atoms with Crippen LogP contribution in [0.25, 0.3) is 0 Å². The highest BCUT2D eigenvalue weighted by Crippen LogP contribution is 2.34. The quantitative estimate of drug-likeness (QED) is 0.731. The molecule has 0 atom stereocenters. The number of morpholine rings is 1. The number of carbonyl (C=O) groups is 1. The average Bonchev–Trinajstić information content (AvgIpc) is 2.75. The molecular formula is C21H33N3O4S. The highest BCUT2D eigenvalue weighted by atomic mass is 32.2. The minimum atomic E-state index is -3.62. The Bertz CT molecular complexity index is 842. The van der Waals surface area contributed by atoms with Gasteiger partial charge in [-0.05, 0) is 57.0 Å². The zero-order valence-corrected chi connectivity index (χ0v) is 18.5. The van der Waals surface area contributed by atoms with Gasteiger partial charge in [0.05, 0.1) is 18.1 Å². The van der Waals surface area contributed by atoms with E-state index >= 15 is 0 Å². The van der Waals surface area contributed by atoms with Crippen molar-refractivity contribution >= 4 is 15.9 Å². The Morgan fingerprint density at radius 1 is 1.14 bits per heavy atom. The van der Waals surface area contributed by atoms with E-state index in [4.69, 9.17) is 4.74 Å². The third kappa shape index (κ3) is 4.82. The summed E-state index contributed by atoms with van der Waals surface area (Å²) in [6.45, 7) is 7.42. The van der Waals surface area contributed by atoms with E-state index in [9.17, 15) is 13.2 Å². The van der Waals surface area contributed by atoms with E-state index in [0.29, 0.717) is 17.7 Å². The topological polar surface area (TPSA) is 87.7 Å². The molecule has 2 aliphatic rings. The van der Waals surface area contributed by atoms with Crippen molar-refractivity contribution in [3.63, 3.8) is 0 Å². The summed E-state index contributed by atoms with van der Waals surface area (Å²) in [4.78, 5) is 15.6. The van der Waals surface area contributed by atoms with E-state index in [1.54, 1.807) is 13.0 Å². The Labute approximate surface area is 174 Å². The maximum Gasteiger partial charge on any atom is 0.251 e. The van der Waals surface area contributed by atoms with Crippen molar-refractivity contribution < 1.29 is 17.9 Å². The maximum atomic E-state index is 13.0. The Balaban J connectivity index is 1.80. The lowest BCUT2D eigenvalue weighted by Crippen LogP contribution is -2.59. The van der Waals surface area contributed by atoms with Gasteiger partial charge >= 0.3 is 0 Å². The molecule has 0 bridgehead atoms. The highest BCUT2D eigenvalue weighted by molar-refractivity contribution is 7.89. The highest BCUT2D eigenvalue weighted by Gasteiger charge is 2.39. The molecule has 29 heavy (non-hydrogen) atoms. The zero-order valence-electron chi connectivity index (χ0n) is 17.7. The molecule has 1 aliphatic carbocycles. The summed E-state index contributed by atoms with van der Waals surface area (Å²) in [5, 5.41) is 3.11. The minimum Gasteiger partial charge on any atom is -0.379 e. The summed E-state index contributed by atoms with van der Waals surface area (Å²) in [6.07, 6.45) is 5.71. The van der Waals surface area contributed by atoms with Crippen molar-refractivity contribution in [2.24, 2.45) is 0 Å². The lowest BCUT2D eigenvalue weighted by Gasteiger charge is -2.48. The fourth-order valence-electron chi connectivity index (χ4n) is 4.55. The monoisotopic (exact) mass is 423 g/mol. The second-order valence-electron chi connectivity index (χ2n) is 8.19. The molecule has 7 nitrogen and oxygen atoms in total. The first-order chi connectivity index (χ1) is 13.8. The van der Waals surface area contributed by atoms with Crippen molar-refractivity contribution in [3.05, 3.63) is 28.8 Å². The van der Waals surface area contributed by atoms with Gasteiger partial charge in [0.2, 0.25) is 10.0 Å². The lowest BCUT2D eigenvalue weighted by molar-refractivity contribution is -0.0361. The molecule has 1 saturated heterocycles. The second kappa shape index (κ2) is 9.12. The van der Waals surface area contributed by atoms with Crippen molar-refractivity contribution in [2.75, 3.05) is 39.9 Å². The number of carbonyl (C=O) groups excluding carboxylic acids is 1. The second-order valence-corrected chi connectivity index (χ2v) is 10.0. The third-order valence-electron chi connectivity index (χ3n) is 6.48. The number of ether oxygens (including phenoxy) is 1. The van der Waals surface area contributed by atoms with Crippen LogP contribution in [0.4, 0.5) is 0 Å². The molecule has 0 aromatic heterocycles. The molecule has 1 saturated carbocycles. The predicted octanol–water partition coefficient (Wildman–Crippen LogP) is 1.98. The number of nitrogens with zero attached hydrogens (tertiary/aromatic N) is 1. The van der Waals surface area contributed by atoms with Crippen LogP contribution >= 0.6 is 0 Å². The van der Waals surface area contributed by atoms with Gasteiger partial charge in [-0.2, -0.15) is 0 Å². The molecule has 1 heterocycles. The Morgan fingerprint density at radius 3 is 2.41 bits per heavy atom. The van der Waals surface area contributed by atoms with Crippen molar-refractivity contribution in [3.8, 4) is 0 Å². The molecule has 1 aromatic rings. The molecule has 1 aliphatic heterocycles. The lowest BCUT2D eigenvalue weighted by atomic mass is 9.79. The van der Waals surface area contributed by atoms with E-state index in [1.165, 1.54) is 32.4 Å². The summed E-state index contributed by atoms with van der Waals surface area (Å²) < 4.78 is 32.6. The number of rotatable bonds is 6. The molecule has 2 fully saturated rings. The fourth-order valence-corrected chi connectivity index (χ4v) is 5.61. The van der Waals surface area contributed by atoms with Crippen LogP contribution in [0.3, 0.4) is 0 Å².